The van der Waals surface area contributed by atoms with E-state index in [4.69, 9.17) is 4.74 Å². The molecule has 0 fully saturated rings. The molecule has 3 N–H and O–H groups in total. The number of carboxylic acid groups (broad SMARTS) is 1. The molecule has 1 aliphatic rings. The number of pyridine rings is 1. The van der Waals surface area contributed by atoms with Crippen molar-refractivity contribution >= 4 is 34.4 Å². The number of hydrogen-bond acceptors (Lipinski definition) is 7. The van der Waals surface area contributed by atoms with Gasteiger partial charge in [0.15, 0.2) is 0 Å². The van der Waals surface area contributed by atoms with Crippen molar-refractivity contribution in [1.29, 1.82) is 0 Å². The highest BCUT2D eigenvalue weighted by atomic mass is 16.5. The van der Waals surface area contributed by atoms with Gasteiger partial charge in [-0.1, -0.05) is 25.1 Å². The average Bonchev–Trinajstić information content (AvgIpc) is 3.17. The number of esters is 1. The number of amides is 1. The first-order chi connectivity index (χ1) is 16.9. The van der Waals surface area contributed by atoms with Crippen LogP contribution in [0.3, 0.4) is 0 Å². The minimum Gasteiger partial charge on any atom is -0.478 e. The van der Waals surface area contributed by atoms with Gasteiger partial charge < -0.3 is 25.2 Å². The largest absolute Gasteiger partial charge is 0.478 e. The lowest BCUT2D eigenvalue weighted by Gasteiger charge is -2.15. The number of β-amino-alcohol motifs (C(OH)–C–C–N with tert-alkyl or cyclic N) is 1. The summed E-state index contributed by atoms with van der Waals surface area (Å²) in [7, 11) is 1.24. The Morgan fingerprint density at radius 1 is 1.14 bits per heavy atom. The molecule has 4 rings (SSSR count). The second kappa shape index (κ2) is 9.94. The van der Waals surface area contributed by atoms with Gasteiger partial charge in [0.1, 0.15) is 5.70 Å². The second-order valence-electron chi connectivity index (χ2n) is 8.06. The van der Waals surface area contributed by atoms with Gasteiger partial charge in [0.05, 0.1) is 42.6 Å². The fourth-order valence-corrected chi connectivity index (χ4v) is 4.04. The highest BCUT2D eigenvalue weighted by Crippen LogP contribution is 2.28. The summed E-state index contributed by atoms with van der Waals surface area (Å²) < 4.78 is 4.80. The van der Waals surface area contributed by atoms with Gasteiger partial charge in [-0.15, -0.1) is 0 Å². The summed E-state index contributed by atoms with van der Waals surface area (Å²) in [5, 5.41) is 22.5. The van der Waals surface area contributed by atoms with E-state index < -0.39 is 17.8 Å². The SMILES string of the molecule is CCc1ccc2nc(-c3ccc(NC4=C(C(=O)OC)CN(CCO)C4=O)cc3)cc(C(=O)O)c2c1. The quantitative estimate of drug-likeness (QED) is 0.424. The van der Waals surface area contributed by atoms with E-state index in [0.29, 0.717) is 27.8 Å². The smallest absolute Gasteiger partial charge is 0.337 e. The molecule has 180 valence electrons. The predicted molar refractivity (Wildman–Crippen MR) is 130 cm³/mol. The predicted octanol–water partition coefficient (Wildman–Crippen LogP) is 2.84. The number of hydrogen-bond donors (Lipinski definition) is 3. The maximum atomic E-state index is 12.7. The van der Waals surface area contributed by atoms with Crippen LogP contribution in [0.4, 0.5) is 5.69 Å². The molecule has 3 aromatic rings. The zero-order chi connectivity index (χ0) is 25.1. The molecule has 0 atom stereocenters. The molecule has 35 heavy (non-hydrogen) atoms. The topological polar surface area (TPSA) is 129 Å². The van der Waals surface area contributed by atoms with Crippen molar-refractivity contribution in [2.45, 2.75) is 13.3 Å². The lowest BCUT2D eigenvalue weighted by molar-refractivity contribution is -0.136. The maximum Gasteiger partial charge on any atom is 0.337 e. The van der Waals surface area contributed by atoms with Crippen molar-refractivity contribution in [3.8, 4) is 11.3 Å². The Bertz CT molecular complexity index is 1350. The molecule has 2 heterocycles. The first-order valence-corrected chi connectivity index (χ1v) is 11.1. The van der Waals surface area contributed by atoms with Crippen LogP contribution < -0.4 is 5.32 Å². The Morgan fingerprint density at radius 2 is 1.89 bits per heavy atom. The number of aromatic carboxylic acids is 1. The van der Waals surface area contributed by atoms with Gasteiger partial charge in [0.2, 0.25) is 0 Å². The molecule has 9 heteroatoms. The molecule has 1 aromatic heterocycles. The zero-order valence-corrected chi connectivity index (χ0v) is 19.4. The van der Waals surface area contributed by atoms with E-state index in [1.807, 2.05) is 25.1 Å². The number of nitrogens with zero attached hydrogens (tertiary/aromatic N) is 2. The van der Waals surface area contributed by atoms with Crippen molar-refractivity contribution in [2.24, 2.45) is 0 Å². The van der Waals surface area contributed by atoms with Crippen LogP contribution in [0.15, 0.2) is 59.8 Å². The fourth-order valence-electron chi connectivity index (χ4n) is 4.04. The number of rotatable bonds is 8. The highest BCUT2D eigenvalue weighted by molar-refractivity contribution is 6.08. The minimum absolute atomic E-state index is 0.0468. The summed E-state index contributed by atoms with van der Waals surface area (Å²) in [6.07, 6.45) is 0.791. The summed E-state index contributed by atoms with van der Waals surface area (Å²) in [5.74, 6) is -2.05. The number of aryl methyl sites for hydroxylation is 1. The third-order valence-electron chi connectivity index (χ3n) is 5.92. The molecular formula is C26H25N3O6. The fraction of sp³-hybridized carbons (Fsp3) is 0.231. The summed E-state index contributed by atoms with van der Waals surface area (Å²) in [5.41, 5.74) is 3.84. The van der Waals surface area contributed by atoms with Crippen molar-refractivity contribution in [1.82, 2.24) is 9.88 Å². The van der Waals surface area contributed by atoms with Gasteiger partial charge in [-0.05, 0) is 42.3 Å². The molecular weight excluding hydrogens is 450 g/mol. The number of aromatic nitrogens is 1. The third-order valence-corrected chi connectivity index (χ3v) is 5.92. The van der Waals surface area contributed by atoms with Crippen LogP contribution in [0, 0.1) is 0 Å². The van der Waals surface area contributed by atoms with E-state index in [-0.39, 0.29) is 36.5 Å². The van der Waals surface area contributed by atoms with Crippen LogP contribution in [-0.4, -0.2) is 64.7 Å². The molecule has 0 saturated carbocycles. The van der Waals surface area contributed by atoms with Crippen LogP contribution >= 0.6 is 0 Å². The second-order valence-corrected chi connectivity index (χ2v) is 8.06. The van der Waals surface area contributed by atoms with Crippen LogP contribution in [0.1, 0.15) is 22.8 Å². The number of ether oxygens (including phenoxy) is 1. The maximum absolute atomic E-state index is 12.7. The lowest BCUT2D eigenvalue weighted by Crippen LogP contribution is -2.31. The van der Waals surface area contributed by atoms with Gasteiger partial charge in [0, 0.05) is 23.2 Å². The molecule has 0 aliphatic carbocycles. The van der Waals surface area contributed by atoms with Crippen molar-refractivity contribution < 1.29 is 29.3 Å². The minimum atomic E-state index is -1.03. The van der Waals surface area contributed by atoms with Crippen LogP contribution in [0.25, 0.3) is 22.2 Å². The number of fused-ring (bicyclic) bond motifs is 1. The molecule has 0 spiro atoms. The van der Waals surface area contributed by atoms with Gasteiger partial charge in [-0.25, -0.2) is 14.6 Å². The molecule has 1 amide bonds. The number of nitrogens with one attached hydrogen (secondary N) is 1. The van der Waals surface area contributed by atoms with Crippen LogP contribution in [0.5, 0.6) is 0 Å². The molecule has 0 saturated heterocycles. The number of aliphatic hydroxyl groups excluding tert-OH is 1. The summed E-state index contributed by atoms with van der Waals surface area (Å²) in [6.45, 7) is 1.93. The van der Waals surface area contributed by atoms with Gasteiger partial charge in [0.25, 0.3) is 5.91 Å². The van der Waals surface area contributed by atoms with E-state index in [1.165, 1.54) is 12.0 Å². The monoisotopic (exact) mass is 475 g/mol. The van der Waals surface area contributed by atoms with Crippen molar-refractivity contribution in [2.75, 3.05) is 32.1 Å². The molecule has 9 nitrogen and oxygen atoms in total. The van der Waals surface area contributed by atoms with Crippen LogP contribution in [0.2, 0.25) is 0 Å². The van der Waals surface area contributed by atoms with Crippen molar-refractivity contribution in [3.63, 3.8) is 0 Å². The Kier molecular flexibility index (Phi) is 6.79. The number of carbonyl (C=O) groups is 3. The zero-order valence-electron chi connectivity index (χ0n) is 19.4. The average molecular weight is 476 g/mol. The van der Waals surface area contributed by atoms with E-state index in [1.54, 1.807) is 30.3 Å². The highest BCUT2D eigenvalue weighted by Gasteiger charge is 2.34. The number of carboxylic acids is 1. The summed E-state index contributed by atoms with van der Waals surface area (Å²) in [6, 6.07) is 14.1. The Balaban J connectivity index is 1.65. The molecule has 0 unspecified atom stereocenters. The Morgan fingerprint density at radius 3 is 2.51 bits per heavy atom. The van der Waals surface area contributed by atoms with Gasteiger partial charge >= 0.3 is 11.9 Å². The van der Waals surface area contributed by atoms with Crippen LogP contribution in [-0.2, 0) is 20.7 Å². The van der Waals surface area contributed by atoms with Crippen molar-refractivity contribution in [3.05, 3.63) is 70.9 Å². The number of benzene rings is 2. The van der Waals surface area contributed by atoms with E-state index in [9.17, 15) is 24.6 Å². The molecule has 0 bridgehead atoms. The Labute approximate surface area is 201 Å². The number of aliphatic hydroxyl groups is 1. The first-order valence-electron chi connectivity index (χ1n) is 11.1. The van der Waals surface area contributed by atoms with Gasteiger partial charge in [-0.3, -0.25) is 4.79 Å². The Hall–Kier alpha value is -4.24. The molecule has 0 radical (unpaired) electrons. The number of carbonyl (C=O) groups excluding carboxylic acids is 2. The third kappa shape index (κ3) is 4.71. The van der Waals surface area contributed by atoms with Gasteiger partial charge in [-0.2, -0.15) is 0 Å². The van der Waals surface area contributed by atoms with E-state index >= 15 is 0 Å². The van der Waals surface area contributed by atoms with E-state index in [0.717, 1.165) is 12.0 Å². The van der Waals surface area contributed by atoms with E-state index in [2.05, 4.69) is 10.3 Å². The molecule has 1 aliphatic heterocycles. The standard InChI is InChI=1S/C26H25N3O6/c1-3-15-4-9-21-18(12-15)19(25(32)33)13-22(28-21)16-5-7-17(8-6-16)27-23-20(26(34)35-2)14-29(10-11-30)24(23)31/h4-9,12-13,27,30H,3,10-11,14H2,1-2H3,(H,32,33). The summed E-state index contributed by atoms with van der Waals surface area (Å²) in [4.78, 5) is 42.8. The first kappa shape index (κ1) is 23.9. The lowest BCUT2D eigenvalue weighted by atomic mass is 10.0. The number of anilines is 1. The number of methoxy groups -OCH3 is 1. The normalized spacial score (nSPS) is 13.5. The summed E-state index contributed by atoms with van der Waals surface area (Å²) >= 11 is 0. The molecule has 2 aromatic carbocycles.